The zero-order valence-corrected chi connectivity index (χ0v) is 14.1. The van der Waals surface area contributed by atoms with Gasteiger partial charge >= 0.3 is 11.9 Å². The fourth-order valence-corrected chi connectivity index (χ4v) is 3.20. The van der Waals surface area contributed by atoms with E-state index in [1.165, 1.54) is 25.5 Å². The molecule has 2 rings (SSSR count). The van der Waals surface area contributed by atoms with E-state index < -0.39 is 24.5 Å². The van der Waals surface area contributed by atoms with E-state index >= 15 is 0 Å². The number of carbonyl (C=O) groups excluding carboxylic acids is 3. The number of thiophene rings is 1. The maximum Gasteiger partial charge on any atom is 0.350 e. The first-order valence-corrected chi connectivity index (χ1v) is 7.78. The van der Waals surface area contributed by atoms with Crippen molar-refractivity contribution in [1.29, 1.82) is 0 Å². The smallest absolute Gasteiger partial charge is 0.350 e. The Kier molecular flexibility index (Phi) is 5.57. The molecule has 0 atom stereocenters. The minimum Gasteiger partial charge on any atom is -0.468 e. The molecule has 8 heteroatoms. The van der Waals surface area contributed by atoms with Crippen LogP contribution in [0.25, 0.3) is 10.1 Å². The number of carbonyl (C=O) groups is 3. The summed E-state index contributed by atoms with van der Waals surface area (Å²) in [5.74, 6) is -1.74. The van der Waals surface area contributed by atoms with Crippen LogP contribution in [0.3, 0.4) is 0 Å². The molecule has 0 aliphatic heterocycles. The topological polar surface area (TPSA) is 72.9 Å². The molecule has 0 aliphatic carbocycles. The third kappa shape index (κ3) is 4.00. The molecule has 0 saturated heterocycles. The monoisotopic (exact) mass is 355 g/mol. The lowest BCUT2D eigenvalue weighted by atomic mass is 10.2. The number of esters is 2. The lowest BCUT2D eigenvalue weighted by Crippen LogP contribution is -2.35. The maximum atomic E-state index is 12.1. The van der Waals surface area contributed by atoms with Gasteiger partial charge in [-0.2, -0.15) is 0 Å². The predicted octanol–water partition coefficient (Wildman–Crippen LogP) is 2.34. The Labute approximate surface area is 141 Å². The van der Waals surface area contributed by atoms with Crippen LogP contribution in [-0.4, -0.2) is 50.1 Å². The first-order chi connectivity index (χ1) is 10.9. The molecule has 0 unspecified atom stereocenters. The summed E-state index contributed by atoms with van der Waals surface area (Å²) in [5.41, 5.74) is 0. The van der Waals surface area contributed by atoms with E-state index in [2.05, 4.69) is 4.74 Å². The zero-order valence-electron chi connectivity index (χ0n) is 12.5. The first-order valence-electron chi connectivity index (χ1n) is 6.59. The van der Waals surface area contributed by atoms with Crippen LogP contribution in [0.2, 0.25) is 5.02 Å². The highest BCUT2D eigenvalue weighted by Gasteiger charge is 2.20. The fourth-order valence-electron chi connectivity index (χ4n) is 1.79. The summed E-state index contributed by atoms with van der Waals surface area (Å²) >= 11 is 7.37. The van der Waals surface area contributed by atoms with Gasteiger partial charge in [0.1, 0.15) is 11.4 Å². The van der Waals surface area contributed by atoms with Crippen molar-refractivity contribution in [3.8, 4) is 0 Å². The molecule has 0 N–H and O–H groups in total. The maximum absolute atomic E-state index is 12.1. The second-order valence-electron chi connectivity index (χ2n) is 4.64. The predicted molar refractivity (Wildman–Crippen MR) is 86.8 cm³/mol. The number of hydrogen-bond donors (Lipinski definition) is 0. The lowest BCUT2D eigenvalue weighted by molar-refractivity contribution is -0.147. The summed E-state index contributed by atoms with van der Waals surface area (Å²) in [7, 11) is 2.64. The highest BCUT2D eigenvalue weighted by atomic mass is 35.5. The Morgan fingerprint density at radius 3 is 2.61 bits per heavy atom. The number of amides is 1. The SMILES string of the molecule is COC(=O)CN(C)C(=O)COC(=O)c1sc2ccccc2c1Cl. The molecule has 23 heavy (non-hydrogen) atoms. The molecule has 2 aromatic rings. The number of methoxy groups -OCH3 is 1. The highest BCUT2D eigenvalue weighted by Crippen LogP contribution is 2.35. The van der Waals surface area contributed by atoms with Crippen LogP contribution >= 0.6 is 22.9 Å². The Hall–Kier alpha value is -2.12. The molecule has 0 spiro atoms. The molecule has 6 nitrogen and oxygen atoms in total. The van der Waals surface area contributed by atoms with Crippen molar-refractivity contribution in [2.45, 2.75) is 0 Å². The van der Waals surface area contributed by atoms with Gasteiger partial charge in [0.05, 0.1) is 12.1 Å². The van der Waals surface area contributed by atoms with Crippen LogP contribution < -0.4 is 0 Å². The Morgan fingerprint density at radius 2 is 1.96 bits per heavy atom. The van der Waals surface area contributed by atoms with Gasteiger partial charge in [-0.3, -0.25) is 9.59 Å². The summed E-state index contributed by atoms with van der Waals surface area (Å²) in [6.45, 7) is -0.687. The quantitative estimate of drug-likeness (QED) is 0.770. The summed E-state index contributed by atoms with van der Waals surface area (Å²) < 4.78 is 10.3. The number of hydrogen-bond acceptors (Lipinski definition) is 6. The van der Waals surface area contributed by atoms with Gasteiger partial charge in [-0.25, -0.2) is 4.79 Å². The molecule has 122 valence electrons. The number of benzene rings is 1. The molecule has 0 aliphatic rings. The van der Waals surface area contributed by atoms with Gasteiger partial charge < -0.3 is 14.4 Å². The molecular weight excluding hydrogens is 342 g/mol. The van der Waals surface area contributed by atoms with Gasteiger partial charge in [-0.15, -0.1) is 11.3 Å². The number of fused-ring (bicyclic) bond motifs is 1. The van der Waals surface area contributed by atoms with E-state index in [1.807, 2.05) is 18.2 Å². The summed E-state index contributed by atoms with van der Waals surface area (Å²) in [6, 6.07) is 7.31. The molecule has 0 radical (unpaired) electrons. The van der Waals surface area contributed by atoms with Gasteiger partial charge in [-0.1, -0.05) is 29.8 Å². The van der Waals surface area contributed by atoms with Gasteiger partial charge in [0.15, 0.2) is 6.61 Å². The molecule has 1 aromatic carbocycles. The minimum atomic E-state index is -0.670. The van der Waals surface area contributed by atoms with E-state index in [9.17, 15) is 14.4 Å². The van der Waals surface area contributed by atoms with E-state index in [0.29, 0.717) is 5.02 Å². The van der Waals surface area contributed by atoms with Crippen molar-refractivity contribution in [3.05, 3.63) is 34.2 Å². The standard InChI is InChI=1S/C15H14ClNO5S/c1-17(7-12(19)21-2)11(18)8-22-15(20)14-13(16)9-5-3-4-6-10(9)23-14/h3-6H,7-8H2,1-2H3. The Balaban J connectivity index is 2.00. The van der Waals surface area contributed by atoms with Crippen molar-refractivity contribution < 1.29 is 23.9 Å². The summed E-state index contributed by atoms with van der Waals surface area (Å²) in [6.07, 6.45) is 0. The van der Waals surface area contributed by atoms with Gasteiger partial charge in [0.2, 0.25) is 0 Å². The number of rotatable bonds is 5. The van der Waals surface area contributed by atoms with Gasteiger partial charge in [0, 0.05) is 17.1 Å². The molecule has 1 amide bonds. The van der Waals surface area contributed by atoms with Crippen molar-refractivity contribution >= 4 is 50.9 Å². The van der Waals surface area contributed by atoms with E-state index in [-0.39, 0.29) is 11.4 Å². The number of halogens is 1. The highest BCUT2D eigenvalue weighted by molar-refractivity contribution is 7.21. The van der Waals surface area contributed by atoms with Crippen molar-refractivity contribution in [1.82, 2.24) is 4.90 Å². The van der Waals surface area contributed by atoms with Crippen molar-refractivity contribution in [3.63, 3.8) is 0 Å². The number of nitrogens with zero attached hydrogens (tertiary/aromatic N) is 1. The third-order valence-electron chi connectivity index (χ3n) is 3.07. The molecular formula is C15H14ClNO5S. The number of ether oxygens (including phenoxy) is 2. The molecule has 0 fully saturated rings. The normalized spacial score (nSPS) is 10.4. The number of likely N-dealkylation sites (N-methyl/N-ethyl adjacent to an activating group) is 1. The van der Waals surface area contributed by atoms with Crippen molar-refractivity contribution in [2.75, 3.05) is 27.3 Å². The first kappa shape index (κ1) is 17.2. The summed E-state index contributed by atoms with van der Waals surface area (Å²) in [5, 5.41) is 1.08. The molecule has 0 bridgehead atoms. The second kappa shape index (κ2) is 7.43. The fraction of sp³-hybridized carbons (Fsp3) is 0.267. The largest absolute Gasteiger partial charge is 0.468 e. The molecule has 1 aromatic heterocycles. The Bertz CT molecular complexity index is 757. The van der Waals surface area contributed by atoms with E-state index in [0.717, 1.165) is 15.0 Å². The van der Waals surface area contributed by atoms with E-state index in [4.69, 9.17) is 16.3 Å². The zero-order chi connectivity index (χ0) is 17.0. The summed E-state index contributed by atoms with van der Waals surface area (Å²) in [4.78, 5) is 36.3. The van der Waals surface area contributed by atoms with Crippen LogP contribution in [0.1, 0.15) is 9.67 Å². The average molecular weight is 356 g/mol. The third-order valence-corrected chi connectivity index (χ3v) is 4.72. The van der Waals surface area contributed by atoms with E-state index in [1.54, 1.807) is 6.07 Å². The van der Waals surface area contributed by atoms with Crippen LogP contribution in [0, 0.1) is 0 Å². The van der Waals surface area contributed by atoms with Crippen LogP contribution in [0.4, 0.5) is 0 Å². The second-order valence-corrected chi connectivity index (χ2v) is 6.07. The van der Waals surface area contributed by atoms with Gasteiger partial charge in [-0.05, 0) is 6.07 Å². The van der Waals surface area contributed by atoms with Crippen LogP contribution in [0.15, 0.2) is 24.3 Å². The van der Waals surface area contributed by atoms with Gasteiger partial charge in [0.25, 0.3) is 5.91 Å². The molecule has 1 heterocycles. The van der Waals surface area contributed by atoms with Crippen molar-refractivity contribution in [2.24, 2.45) is 0 Å². The Morgan fingerprint density at radius 1 is 1.26 bits per heavy atom. The minimum absolute atomic E-state index is 0.212. The van der Waals surface area contributed by atoms with Crippen LogP contribution in [-0.2, 0) is 19.1 Å². The molecule has 0 saturated carbocycles. The lowest BCUT2D eigenvalue weighted by Gasteiger charge is -2.15. The average Bonchev–Trinajstić information content (AvgIpc) is 2.89. The van der Waals surface area contributed by atoms with Crippen LogP contribution in [0.5, 0.6) is 0 Å².